The van der Waals surface area contributed by atoms with Crippen LogP contribution in [0.2, 0.25) is 0 Å². The molecule has 0 fully saturated rings. The number of halogens is 3. The van der Waals surface area contributed by atoms with Gasteiger partial charge in [0.2, 0.25) is 0 Å². The Kier molecular flexibility index (Phi) is 9.10. The van der Waals surface area contributed by atoms with E-state index in [1.54, 1.807) is 44.7 Å². The zero-order valence-corrected chi connectivity index (χ0v) is 15.9. The lowest BCUT2D eigenvalue weighted by Gasteiger charge is -2.12. The van der Waals surface area contributed by atoms with E-state index in [0.29, 0.717) is 19.0 Å². The Morgan fingerprint density at radius 2 is 1.75 bits per heavy atom. The average Bonchev–Trinajstić information content (AvgIpc) is 2.63. The lowest BCUT2D eigenvalue weighted by molar-refractivity contribution is -0.738. The maximum Gasteiger partial charge on any atom is 0.430 e. The van der Waals surface area contributed by atoms with Crippen LogP contribution >= 0.6 is 7.60 Å². The fourth-order valence-corrected chi connectivity index (χ4v) is 3.28. The zero-order valence-electron chi connectivity index (χ0n) is 15.0. The molecule has 0 aliphatic rings. The zero-order chi connectivity index (χ0) is 21.2. The molecular formula is C15H18F3N4O5P. The Morgan fingerprint density at radius 1 is 1.21 bits per heavy atom. The molecule has 2 aromatic heterocycles. The van der Waals surface area contributed by atoms with Crippen molar-refractivity contribution < 1.29 is 41.4 Å². The van der Waals surface area contributed by atoms with Crippen molar-refractivity contribution in [1.82, 2.24) is 15.1 Å². The molecule has 0 N–H and O–H groups in total. The van der Waals surface area contributed by atoms with Crippen LogP contribution in [0.5, 0.6) is 0 Å². The number of carbonyl (C=O) groups is 1. The van der Waals surface area contributed by atoms with E-state index in [1.165, 1.54) is 4.68 Å². The molecule has 9 nitrogen and oxygen atoms in total. The third-order valence-corrected chi connectivity index (χ3v) is 4.74. The van der Waals surface area contributed by atoms with Crippen molar-refractivity contribution in [3.05, 3.63) is 36.9 Å². The molecule has 0 aromatic carbocycles. The summed E-state index contributed by atoms with van der Waals surface area (Å²) in [7, 11) is -3.16. The molecule has 0 amide bonds. The van der Waals surface area contributed by atoms with E-state index in [4.69, 9.17) is 18.9 Å². The highest BCUT2D eigenvalue weighted by atomic mass is 31.2. The Balaban J connectivity index is 0.000000480. The summed E-state index contributed by atoms with van der Waals surface area (Å²) in [6.07, 6.45) is 1.54. The van der Waals surface area contributed by atoms with Crippen molar-refractivity contribution in [2.24, 2.45) is 0 Å². The first-order chi connectivity index (χ1) is 13.1. The van der Waals surface area contributed by atoms with Gasteiger partial charge < -0.3 is 18.9 Å². The van der Waals surface area contributed by atoms with Crippen LogP contribution in [-0.4, -0.2) is 40.4 Å². The predicted molar refractivity (Wildman–Crippen MR) is 87.4 cm³/mol. The van der Waals surface area contributed by atoms with Gasteiger partial charge in [0.25, 0.3) is 6.29 Å². The molecule has 28 heavy (non-hydrogen) atoms. The van der Waals surface area contributed by atoms with Crippen LogP contribution in [0.15, 0.2) is 36.9 Å². The highest BCUT2D eigenvalue weighted by Gasteiger charge is 2.30. The van der Waals surface area contributed by atoms with E-state index in [9.17, 15) is 17.7 Å². The molecule has 2 heterocycles. The van der Waals surface area contributed by atoms with Gasteiger partial charge in [-0.2, -0.15) is 13.2 Å². The molecular weight excluding hydrogens is 404 g/mol. The number of carboxylic acids is 1. The quantitative estimate of drug-likeness (QED) is 0.485. The minimum Gasteiger partial charge on any atom is -0.542 e. The topological polar surface area (TPSA) is 118 Å². The molecule has 0 spiro atoms. The number of alkyl halides is 3. The summed E-state index contributed by atoms with van der Waals surface area (Å²) in [5, 5.41) is 13.0. The van der Waals surface area contributed by atoms with Gasteiger partial charge in [-0.3, -0.25) is 4.57 Å². The van der Waals surface area contributed by atoms with Crippen molar-refractivity contribution in [1.29, 1.82) is 0 Å². The number of nitrogens with zero attached hydrogens (tertiary/aromatic N) is 4. The van der Waals surface area contributed by atoms with Crippen molar-refractivity contribution in [2.45, 2.75) is 26.3 Å². The summed E-state index contributed by atoms with van der Waals surface area (Å²) in [5.74, 6) is -2.41. The van der Waals surface area contributed by atoms with E-state index in [-0.39, 0.29) is 6.29 Å². The molecule has 0 unspecified atom stereocenters. The van der Waals surface area contributed by atoms with Crippen LogP contribution in [0, 0.1) is 0 Å². The molecule has 154 valence electrons. The van der Waals surface area contributed by atoms with Crippen LogP contribution in [0.1, 0.15) is 13.8 Å². The highest BCUT2D eigenvalue weighted by Crippen LogP contribution is 2.47. The number of aromatic nitrogens is 4. The summed E-state index contributed by atoms with van der Waals surface area (Å²) >= 11 is 0. The van der Waals surface area contributed by atoms with Gasteiger partial charge in [0.1, 0.15) is 12.2 Å². The van der Waals surface area contributed by atoms with Gasteiger partial charge in [0.15, 0.2) is 12.0 Å². The molecule has 0 radical (unpaired) electrons. The predicted octanol–water partition coefficient (Wildman–Crippen LogP) is 1.35. The van der Waals surface area contributed by atoms with Gasteiger partial charge in [-0.1, -0.05) is 4.68 Å². The Morgan fingerprint density at radius 3 is 2.14 bits per heavy atom. The summed E-state index contributed by atoms with van der Waals surface area (Å²) in [4.78, 5) is 17.1. The summed E-state index contributed by atoms with van der Waals surface area (Å²) in [5.41, 5.74) is 0.787. The average molecular weight is 422 g/mol. The molecule has 0 saturated carbocycles. The normalized spacial score (nSPS) is 11.5. The van der Waals surface area contributed by atoms with Crippen LogP contribution in [0.3, 0.4) is 0 Å². The molecule has 0 aliphatic heterocycles. The Labute approximate surface area is 158 Å². The third kappa shape index (κ3) is 8.07. The number of rotatable bonds is 7. The lowest BCUT2D eigenvalue weighted by Crippen LogP contribution is -2.37. The van der Waals surface area contributed by atoms with E-state index in [0.717, 1.165) is 5.56 Å². The number of hydrogen-bond donors (Lipinski definition) is 0. The summed E-state index contributed by atoms with van der Waals surface area (Å²) < 4.78 is 56.0. The maximum atomic E-state index is 12.4. The van der Waals surface area contributed by atoms with Gasteiger partial charge >= 0.3 is 13.8 Å². The Bertz CT molecular complexity index is 781. The van der Waals surface area contributed by atoms with Gasteiger partial charge in [-0.15, -0.1) is 0 Å². The highest BCUT2D eigenvalue weighted by molar-refractivity contribution is 7.52. The second-order valence-corrected chi connectivity index (χ2v) is 6.92. The third-order valence-electron chi connectivity index (χ3n) is 2.80. The number of carboxylic acid groups (broad SMARTS) is 1. The minimum atomic E-state index is -5.19. The first kappa shape index (κ1) is 23.6. The van der Waals surface area contributed by atoms with Gasteiger partial charge in [0.05, 0.1) is 13.2 Å². The van der Waals surface area contributed by atoms with Crippen LogP contribution in [0.4, 0.5) is 13.2 Å². The van der Waals surface area contributed by atoms with Crippen LogP contribution < -0.4 is 9.79 Å². The maximum absolute atomic E-state index is 12.4. The van der Waals surface area contributed by atoms with Gasteiger partial charge in [0, 0.05) is 24.0 Å². The lowest BCUT2D eigenvalue weighted by atomic mass is 10.3. The van der Waals surface area contributed by atoms with Crippen molar-refractivity contribution in [2.75, 3.05) is 13.2 Å². The van der Waals surface area contributed by atoms with Crippen molar-refractivity contribution in [3.8, 4) is 11.4 Å². The number of hydrogen-bond acceptors (Lipinski definition) is 8. The number of carbonyl (C=O) groups excluding carboxylic acids is 1. The number of aliphatic carboxylic acids is 1. The summed E-state index contributed by atoms with van der Waals surface area (Å²) in [6.45, 7) is 4.21. The van der Waals surface area contributed by atoms with E-state index in [2.05, 4.69) is 15.1 Å². The fraction of sp³-hybridized carbons (Fsp3) is 0.400. The monoisotopic (exact) mass is 422 g/mol. The van der Waals surface area contributed by atoms with Crippen molar-refractivity contribution >= 4 is 13.6 Å². The second-order valence-electron chi connectivity index (χ2n) is 4.90. The standard InChI is InChI=1S/C13H18N4O3P.C2HF3O2/c1-3-19-21(18,20-4-2)11-17-9-6-12(10-16-17)13-14-7-5-8-15-13;3-2(4,5)1(6)7/h5-10H,3-4,11H2,1-2H3;(H,6,7)/q+1;/p-1. The molecule has 0 atom stereocenters. The molecule has 2 rings (SSSR count). The largest absolute Gasteiger partial charge is 0.542 e. The fourth-order valence-electron chi connectivity index (χ4n) is 1.74. The SMILES string of the molecule is CCOP(=O)(C[n+]1ccc(-c2ncccn2)cn1)OCC.O=C([O-])C(F)(F)F. The smallest absolute Gasteiger partial charge is 0.430 e. The second kappa shape index (κ2) is 10.8. The first-order valence-electron chi connectivity index (χ1n) is 7.90. The van der Waals surface area contributed by atoms with Gasteiger partial charge in [-0.05, 0) is 25.0 Å². The molecule has 0 saturated heterocycles. The Hall–Kier alpha value is -2.43. The van der Waals surface area contributed by atoms with E-state index < -0.39 is 19.7 Å². The van der Waals surface area contributed by atoms with E-state index >= 15 is 0 Å². The van der Waals surface area contributed by atoms with Crippen molar-refractivity contribution in [3.63, 3.8) is 0 Å². The molecule has 0 bridgehead atoms. The summed E-state index contributed by atoms with van der Waals surface area (Å²) in [6, 6.07) is 3.56. The molecule has 13 heteroatoms. The van der Waals surface area contributed by atoms with Crippen LogP contribution in [-0.2, 0) is 24.7 Å². The van der Waals surface area contributed by atoms with Crippen LogP contribution in [0.25, 0.3) is 11.4 Å². The minimum absolute atomic E-state index is 0.0740. The first-order valence-corrected chi connectivity index (χ1v) is 9.63. The molecule has 2 aromatic rings. The van der Waals surface area contributed by atoms with Gasteiger partial charge in [-0.25, -0.2) is 9.97 Å². The van der Waals surface area contributed by atoms with E-state index in [1.807, 2.05) is 6.07 Å². The molecule has 0 aliphatic carbocycles.